The standard InChI is InChI=1S/C59H54N3O.Pt/c1-38(2)39-21-23-41(24-22-39)43-31-32-60-52(36-43)46-34-44(40-15-10-9-11-16-40)33-45(35-46)49-18-14-19-54-56(49)61-57(50-17-12-13-20-55(50)63)62(54)53-30-29-48(59(6,7)8)37-51(53)42-25-27-47(28-26-42)58(3,4)5;/h9-34,36-38,63H,1-8H3;/q-1;/i38D;. The van der Waals surface area contributed by atoms with Gasteiger partial charge in [0.25, 0.3) is 0 Å². The number of aromatic hydroxyl groups is 1. The summed E-state index contributed by atoms with van der Waals surface area (Å²) in [5, 5.41) is 11.5. The fraction of sp³-hybridized carbons (Fsp3) is 0.186. The number of hydrogen-bond acceptors (Lipinski definition) is 3. The second kappa shape index (κ2) is 17.7. The van der Waals surface area contributed by atoms with E-state index in [1.807, 2.05) is 62.5 Å². The summed E-state index contributed by atoms with van der Waals surface area (Å²) < 4.78 is 10.7. The Balaban J connectivity index is 0.00000576. The van der Waals surface area contributed by atoms with Crippen LogP contribution in [0.25, 0.3) is 83.9 Å². The van der Waals surface area contributed by atoms with Crippen molar-refractivity contribution in [3.05, 3.63) is 193 Å². The van der Waals surface area contributed by atoms with Crippen molar-refractivity contribution in [2.45, 2.75) is 72.1 Å². The van der Waals surface area contributed by atoms with Crippen LogP contribution in [0.4, 0.5) is 0 Å². The number of phenolic OH excluding ortho intramolecular Hbond substituents is 1. The molecule has 0 bridgehead atoms. The predicted molar refractivity (Wildman–Crippen MR) is 263 cm³/mol. The molecule has 0 aliphatic rings. The van der Waals surface area contributed by atoms with Gasteiger partial charge in [-0.1, -0.05) is 187 Å². The zero-order chi connectivity index (χ0) is 45.0. The molecule has 64 heavy (non-hydrogen) atoms. The molecule has 322 valence electrons. The molecule has 0 fully saturated rings. The number of para-hydroxylation sites is 2. The van der Waals surface area contributed by atoms with Gasteiger partial charge in [-0.3, -0.25) is 9.55 Å². The fourth-order valence-electron chi connectivity index (χ4n) is 8.39. The quantitative estimate of drug-likeness (QED) is 0.154. The van der Waals surface area contributed by atoms with Crippen molar-refractivity contribution in [3.63, 3.8) is 0 Å². The van der Waals surface area contributed by atoms with Crippen molar-refractivity contribution in [2.24, 2.45) is 0 Å². The maximum Gasteiger partial charge on any atom is 0.148 e. The maximum absolute atomic E-state index is 11.5. The summed E-state index contributed by atoms with van der Waals surface area (Å²) in [6.45, 7) is 17.3. The van der Waals surface area contributed by atoms with Crippen LogP contribution >= 0.6 is 0 Å². The van der Waals surface area contributed by atoms with E-state index in [9.17, 15) is 5.11 Å². The molecule has 0 aliphatic heterocycles. The minimum Gasteiger partial charge on any atom is -0.507 e. The summed E-state index contributed by atoms with van der Waals surface area (Å²) in [6, 6.07) is 60.5. The van der Waals surface area contributed by atoms with Gasteiger partial charge in [-0.15, -0.1) is 23.8 Å². The van der Waals surface area contributed by atoms with Crippen LogP contribution in [0.2, 0.25) is 0 Å². The monoisotopic (exact) mass is 1020 g/mol. The molecule has 4 nitrogen and oxygen atoms in total. The molecule has 0 aliphatic carbocycles. The van der Waals surface area contributed by atoms with Gasteiger partial charge in [-0.25, -0.2) is 4.98 Å². The van der Waals surface area contributed by atoms with Gasteiger partial charge in [0.15, 0.2) is 0 Å². The van der Waals surface area contributed by atoms with Crippen LogP contribution in [-0.2, 0) is 31.9 Å². The number of benzene rings is 7. The first-order valence-electron chi connectivity index (χ1n) is 22.3. The number of rotatable bonds is 8. The van der Waals surface area contributed by atoms with Gasteiger partial charge in [0.1, 0.15) is 11.6 Å². The third kappa shape index (κ3) is 8.77. The van der Waals surface area contributed by atoms with E-state index in [4.69, 9.17) is 11.3 Å². The van der Waals surface area contributed by atoms with Gasteiger partial charge in [-0.05, 0) is 92.1 Å². The Morgan fingerprint density at radius 3 is 1.88 bits per heavy atom. The first-order chi connectivity index (χ1) is 30.5. The van der Waals surface area contributed by atoms with Crippen molar-refractivity contribution in [1.29, 1.82) is 0 Å². The average Bonchev–Trinajstić information content (AvgIpc) is 3.68. The topological polar surface area (TPSA) is 50.9 Å². The SMILES string of the molecule is [2H]C(C)(C)c1ccc(-c2ccnc(-c3[c-]c(-c4cccc5c4nc(-c4ccccc4O)n5-c4ccc(C(C)(C)C)cc4-c4ccc(C(C)(C)C)cc4)cc(-c4ccccc4)c3)c2)cc1.[Pt]. The Labute approximate surface area is 394 Å². The van der Waals surface area contributed by atoms with E-state index in [1.165, 1.54) is 11.1 Å². The molecule has 0 unspecified atom stereocenters. The van der Waals surface area contributed by atoms with Crippen LogP contribution < -0.4 is 0 Å². The molecule has 1 N–H and O–H groups in total. The molecule has 0 spiro atoms. The number of nitrogens with zero attached hydrogens (tertiary/aromatic N) is 3. The van der Waals surface area contributed by atoms with Crippen molar-refractivity contribution in [1.82, 2.24) is 14.5 Å². The predicted octanol–water partition coefficient (Wildman–Crippen LogP) is 15.6. The minimum absolute atomic E-state index is 0. The molecule has 7 aromatic carbocycles. The minimum atomic E-state index is -0.677. The molecule has 2 heterocycles. The Hall–Kier alpha value is -6.35. The van der Waals surface area contributed by atoms with Gasteiger partial charge in [0.05, 0.1) is 22.3 Å². The fourth-order valence-corrected chi connectivity index (χ4v) is 8.39. The molecule has 0 saturated carbocycles. The normalized spacial score (nSPS) is 12.2. The van der Waals surface area contributed by atoms with Crippen LogP contribution in [0, 0.1) is 6.07 Å². The zero-order valence-corrected chi connectivity index (χ0v) is 40.0. The van der Waals surface area contributed by atoms with E-state index in [0.717, 1.165) is 78.0 Å². The van der Waals surface area contributed by atoms with Crippen LogP contribution in [0.3, 0.4) is 0 Å². The summed E-state index contributed by atoms with van der Waals surface area (Å²) in [5.41, 5.74) is 16.6. The van der Waals surface area contributed by atoms with Gasteiger partial charge in [-0.2, -0.15) is 0 Å². The van der Waals surface area contributed by atoms with E-state index in [2.05, 4.69) is 167 Å². The molecule has 2 aromatic heterocycles. The Morgan fingerprint density at radius 1 is 0.562 bits per heavy atom. The first-order valence-corrected chi connectivity index (χ1v) is 21.8. The largest absolute Gasteiger partial charge is 0.507 e. The van der Waals surface area contributed by atoms with Crippen LogP contribution in [0.1, 0.15) is 79.3 Å². The molecular formula is C59H54N3OPt-. The number of phenols is 1. The van der Waals surface area contributed by atoms with Crippen molar-refractivity contribution in [2.75, 3.05) is 0 Å². The number of fused-ring (bicyclic) bond motifs is 1. The Morgan fingerprint density at radius 2 is 1.19 bits per heavy atom. The molecule has 9 rings (SSSR count). The van der Waals surface area contributed by atoms with E-state index in [-0.39, 0.29) is 37.6 Å². The second-order valence-corrected chi connectivity index (χ2v) is 18.8. The number of pyridine rings is 1. The van der Waals surface area contributed by atoms with Gasteiger partial charge < -0.3 is 5.11 Å². The molecular weight excluding hydrogens is 962 g/mol. The first kappa shape index (κ1) is 42.9. The molecule has 0 amide bonds. The van der Waals surface area contributed by atoms with Crippen molar-refractivity contribution in [3.8, 4) is 78.6 Å². The van der Waals surface area contributed by atoms with Gasteiger partial charge in [0, 0.05) is 39.9 Å². The molecule has 0 saturated heterocycles. The summed E-state index contributed by atoms with van der Waals surface area (Å²) in [7, 11) is 0. The maximum atomic E-state index is 11.5. The summed E-state index contributed by atoms with van der Waals surface area (Å²) in [5.74, 6) is 0.126. The smallest absolute Gasteiger partial charge is 0.148 e. The third-order valence-corrected chi connectivity index (χ3v) is 12.1. The molecule has 5 heteroatoms. The number of hydrogen-bond donors (Lipinski definition) is 1. The van der Waals surface area contributed by atoms with E-state index < -0.39 is 5.89 Å². The average molecular weight is 1020 g/mol. The molecule has 0 radical (unpaired) electrons. The van der Waals surface area contributed by atoms with Crippen LogP contribution in [-0.4, -0.2) is 19.6 Å². The zero-order valence-electron chi connectivity index (χ0n) is 38.8. The summed E-state index contributed by atoms with van der Waals surface area (Å²) in [6.07, 6.45) is 1.86. The van der Waals surface area contributed by atoms with Crippen LogP contribution in [0.5, 0.6) is 5.75 Å². The second-order valence-electron chi connectivity index (χ2n) is 18.8. The molecule has 9 aromatic rings. The Kier molecular flexibility index (Phi) is 11.8. The van der Waals surface area contributed by atoms with Gasteiger partial charge >= 0.3 is 0 Å². The third-order valence-electron chi connectivity index (χ3n) is 12.1. The van der Waals surface area contributed by atoms with E-state index >= 15 is 0 Å². The molecule has 0 atom stereocenters. The van der Waals surface area contributed by atoms with Crippen LogP contribution in [0.15, 0.2) is 170 Å². The number of aromatic nitrogens is 3. The van der Waals surface area contributed by atoms with Crippen molar-refractivity contribution >= 4 is 11.0 Å². The van der Waals surface area contributed by atoms with Gasteiger partial charge in [0.2, 0.25) is 0 Å². The summed E-state index contributed by atoms with van der Waals surface area (Å²) in [4.78, 5) is 10.4. The van der Waals surface area contributed by atoms with Crippen molar-refractivity contribution < 1.29 is 27.5 Å². The van der Waals surface area contributed by atoms with E-state index in [1.54, 1.807) is 6.07 Å². The Bertz CT molecular complexity index is 3150. The summed E-state index contributed by atoms with van der Waals surface area (Å²) >= 11 is 0. The van der Waals surface area contributed by atoms with E-state index in [0.29, 0.717) is 11.4 Å². The number of imidazole rings is 1.